The van der Waals surface area contributed by atoms with Crippen molar-refractivity contribution in [2.24, 2.45) is 11.7 Å². The third-order valence-electron chi connectivity index (χ3n) is 2.33. The molecule has 0 rings (SSSR count). The molecule has 0 fully saturated rings. The van der Waals surface area contributed by atoms with E-state index in [1.54, 1.807) is 0 Å². The average Bonchev–Trinajstić information content (AvgIpc) is 2.10. The monoisotopic (exact) mass is 187 g/mol. The number of nitrogens with zero attached hydrogens (tertiary/aromatic N) is 2. The topological polar surface area (TPSA) is 32.5 Å². The molecule has 3 heteroatoms. The zero-order valence-electron chi connectivity index (χ0n) is 9.58. The maximum Gasteiger partial charge on any atom is 0.0106 e. The fourth-order valence-corrected chi connectivity index (χ4v) is 1.04. The van der Waals surface area contributed by atoms with Gasteiger partial charge in [-0.1, -0.05) is 6.92 Å². The van der Waals surface area contributed by atoms with Crippen LogP contribution in [0.5, 0.6) is 0 Å². The lowest BCUT2D eigenvalue weighted by Gasteiger charge is -2.20. The standard InChI is InChI=1S/C10H25N3/c1-10(9-11)5-6-13(4)8-7-12(2)3/h10H,5-9,11H2,1-4H3. The van der Waals surface area contributed by atoms with Gasteiger partial charge in [0.05, 0.1) is 0 Å². The van der Waals surface area contributed by atoms with Crippen molar-refractivity contribution in [3.05, 3.63) is 0 Å². The molecule has 0 aliphatic carbocycles. The Labute approximate surface area is 82.9 Å². The molecule has 0 aromatic carbocycles. The molecule has 2 N–H and O–H groups in total. The van der Waals surface area contributed by atoms with Crippen molar-refractivity contribution >= 4 is 0 Å². The fourth-order valence-electron chi connectivity index (χ4n) is 1.04. The molecule has 3 nitrogen and oxygen atoms in total. The summed E-state index contributed by atoms with van der Waals surface area (Å²) in [6.07, 6.45) is 1.21. The van der Waals surface area contributed by atoms with Gasteiger partial charge in [0.25, 0.3) is 0 Å². The van der Waals surface area contributed by atoms with E-state index in [4.69, 9.17) is 5.73 Å². The first-order chi connectivity index (χ1) is 6.06. The van der Waals surface area contributed by atoms with E-state index >= 15 is 0 Å². The summed E-state index contributed by atoms with van der Waals surface area (Å²) < 4.78 is 0. The van der Waals surface area contributed by atoms with Crippen molar-refractivity contribution in [2.45, 2.75) is 13.3 Å². The quantitative estimate of drug-likeness (QED) is 0.629. The maximum atomic E-state index is 5.55. The maximum absolute atomic E-state index is 5.55. The summed E-state index contributed by atoms with van der Waals surface area (Å²) in [5, 5.41) is 0. The van der Waals surface area contributed by atoms with Gasteiger partial charge in [-0.2, -0.15) is 0 Å². The summed E-state index contributed by atoms with van der Waals surface area (Å²) in [7, 11) is 6.39. The first-order valence-corrected chi connectivity index (χ1v) is 5.09. The largest absolute Gasteiger partial charge is 0.330 e. The molecule has 0 aliphatic rings. The second-order valence-corrected chi connectivity index (χ2v) is 4.24. The molecule has 13 heavy (non-hydrogen) atoms. The van der Waals surface area contributed by atoms with E-state index in [0.717, 1.165) is 26.2 Å². The third kappa shape index (κ3) is 8.22. The lowest BCUT2D eigenvalue weighted by molar-refractivity contribution is 0.267. The summed E-state index contributed by atoms with van der Waals surface area (Å²) in [4.78, 5) is 4.58. The van der Waals surface area contributed by atoms with Gasteiger partial charge >= 0.3 is 0 Å². The highest BCUT2D eigenvalue weighted by molar-refractivity contribution is 4.59. The number of likely N-dealkylation sites (N-methyl/N-ethyl adjacent to an activating group) is 2. The zero-order valence-corrected chi connectivity index (χ0v) is 9.58. The minimum atomic E-state index is 0.654. The first kappa shape index (κ1) is 12.9. The van der Waals surface area contributed by atoms with E-state index in [2.05, 4.69) is 37.9 Å². The Morgan fingerprint density at radius 3 is 2.15 bits per heavy atom. The van der Waals surface area contributed by atoms with Crippen LogP contribution in [0.2, 0.25) is 0 Å². The van der Waals surface area contributed by atoms with Crippen molar-refractivity contribution in [2.75, 3.05) is 47.3 Å². The molecular formula is C10H25N3. The molecule has 80 valence electrons. The smallest absolute Gasteiger partial charge is 0.0106 e. The fraction of sp³-hybridized carbons (Fsp3) is 1.00. The summed E-state index contributed by atoms with van der Waals surface area (Å²) in [6.45, 7) is 6.45. The summed E-state index contributed by atoms with van der Waals surface area (Å²) in [5.74, 6) is 0.654. The highest BCUT2D eigenvalue weighted by Gasteiger charge is 2.02. The highest BCUT2D eigenvalue weighted by atomic mass is 15.1. The lowest BCUT2D eigenvalue weighted by atomic mass is 10.1. The van der Waals surface area contributed by atoms with Gasteiger partial charge in [-0.3, -0.25) is 0 Å². The third-order valence-corrected chi connectivity index (χ3v) is 2.33. The van der Waals surface area contributed by atoms with Crippen LogP contribution < -0.4 is 5.73 Å². The Morgan fingerprint density at radius 2 is 1.69 bits per heavy atom. The predicted octanol–water partition coefficient (Wildman–Crippen LogP) is 0.465. The van der Waals surface area contributed by atoms with E-state index in [1.165, 1.54) is 6.42 Å². The molecular weight excluding hydrogens is 162 g/mol. The highest BCUT2D eigenvalue weighted by Crippen LogP contribution is 1.99. The number of rotatable bonds is 7. The van der Waals surface area contributed by atoms with Gasteiger partial charge in [0, 0.05) is 13.1 Å². The van der Waals surface area contributed by atoms with Crippen LogP contribution >= 0.6 is 0 Å². The van der Waals surface area contributed by atoms with Gasteiger partial charge in [0.2, 0.25) is 0 Å². The normalized spacial score (nSPS) is 14.1. The van der Waals surface area contributed by atoms with E-state index in [1.807, 2.05) is 0 Å². The summed E-state index contributed by atoms with van der Waals surface area (Å²) in [6, 6.07) is 0. The average molecular weight is 187 g/mol. The van der Waals surface area contributed by atoms with Crippen LogP contribution in [-0.2, 0) is 0 Å². The molecule has 0 spiro atoms. The molecule has 1 unspecified atom stereocenters. The molecule has 1 atom stereocenters. The molecule has 0 bridgehead atoms. The van der Waals surface area contributed by atoms with Crippen molar-refractivity contribution in [1.29, 1.82) is 0 Å². The zero-order chi connectivity index (χ0) is 10.3. The Hall–Kier alpha value is -0.120. The lowest BCUT2D eigenvalue weighted by Crippen LogP contribution is -2.30. The first-order valence-electron chi connectivity index (χ1n) is 5.09. The molecule has 0 radical (unpaired) electrons. The molecule has 0 saturated heterocycles. The van der Waals surface area contributed by atoms with E-state index in [0.29, 0.717) is 5.92 Å². The summed E-state index contributed by atoms with van der Waals surface area (Å²) in [5.41, 5.74) is 5.55. The Bertz CT molecular complexity index is 115. The Kier molecular flexibility index (Phi) is 7.23. The minimum absolute atomic E-state index is 0.654. The Balaban J connectivity index is 3.34. The van der Waals surface area contributed by atoms with Gasteiger partial charge in [-0.05, 0) is 46.6 Å². The van der Waals surface area contributed by atoms with Gasteiger partial charge in [-0.15, -0.1) is 0 Å². The molecule has 0 amide bonds. The predicted molar refractivity (Wildman–Crippen MR) is 58.9 cm³/mol. The van der Waals surface area contributed by atoms with Crippen LogP contribution in [0.4, 0.5) is 0 Å². The van der Waals surface area contributed by atoms with Crippen molar-refractivity contribution in [3.63, 3.8) is 0 Å². The van der Waals surface area contributed by atoms with E-state index in [9.17, 15) is 0 Å². The van der Waals surface area contributed by atoms with Crippen LogP contribution in [0.3, 0.4) is 0 Å². The van der Waals surface area contributed by atoms with Gasteiger partial charge < -0.3 is 15.5 Å². The second-order valence-electron chi connectivity index (χ2n) is 4.24. The minimum Gasteiger partial charge on any atom is -0.330 e. The molecule has 0 aromatic rings. The molecule has 0 aliphatic heterocycles. The van der Waals surface area contributed by atoms with Crippen LogP contribution in [-0.4, -0.2) is 57.1 Å². The van der Waals surface area contributed by atoms with Crippen molar-refractivity contribution in [3.8, 4) is 0 Å². The van der Waals surface area contributed by atoms with Gasteiger partial charge in [-0.25, -0.2) is 0 Å². The molecule has 0 saturated carbocycles. The molecule has 0 heterocycles. The SMILES string of the molecule is CC(CN)CCN(C)CCN(C)C. The Morgan fingerprint density at radius 1 is 1.08 bits per heavy atom. The van der Waals surface area contributed by atoms with E-state index in [-0.39, 0.29) is 0 Å². The number of nitrogens with two attached hydrogens (primary N) is 1. The van der Waals surface area contributed by atoms with Crippen LogP contribution in [0.15, 0.2) is 0 Å². The summed E-state index contributed by atoms with van der Waals surface area (Å²) >= 11 is 0. The van der Waals surface area contributed by atoms with Crippen molar-refractivity contribution < 1.29 is 0 Å². The number of hydrogen-bond donors (Lipinski definition) is 1. The second kappa shape index (κ2) is 7.30. The molecule has 0 aromatic heterocycles. The van der Waals surface area contributed by atoms with Crippen molar-refractivity contribution in [1.82, 2.24) is 9.80 Å². The van der Waals surface area contributed by atoms with Crippen LogP contribution in [0.25, 0.3) is 0 Å². The van der Waals surface area contributed by atoms with Gasteiger partial charge in [0.15, 0.2) is 0 Å². The van der Waals surface area contributed by atoms with Crippen LogP contribution in [0, 0.1) is 5.92 Å². The van der Waals surface area contributed by atoms with Gasteiger partial charge in [0.1, 0.15) is 0 Å². The number of hydrogen-bond acceptors (Lipinski definition) is 3. The van der Waals surface area contributed by atoms with E-state index < -0.39 is 0 Å². The van der Waals surface area contributed by atoms with Crippen LogP contribution in [0.1, 0.15) is 13.3 Å².